The van der Waals surface area contributed by atoms with Crippen molar-refractivity contribution in [2.75, 3.05) is 12.4 Å². The van der Waals surface area contributed by atoms with Crippen LogP contribution in [0.4, 0.5) is 14.5 Å². The highest BCUT2D eigenvalue weighted by Gasteiger charge is 2.10. The van der Waals surface area contributed by atoms with Crippen molar-refractivity contribution >= 4 is 17.5 Å². The Morgan fingerprint density at radius 1 is 1.00 bits per heavy atom. The number of anilines is 1. The zero-order valence-electron chi connectivity index (χ0n) is 11.8. The first-order valence-electron chi connectivity index (χ1n) is 6.55. The third-order valence-corrected chi connectivity index (χ3v) is 2.98. The highest BCUT2D eigenvalue weighted by molar-refractivity contribution is 6.04. The van der Waals surface area contributed by atoms with Gasteiger partial charge in [-0.3, -0.25) is 9.59 Å². The molecule has 0 aliphatic heterocycles. The lowest BCUT2D eigenvalue weighted by molar-refractivity contribution is -0.119. The molecule has 0 aliphatic carbocycles. The molecule has 0 unspecified atom stereocenters. The van der Waals surface area contributed by atoms with Crippen LogP contribution in [-0.4, -0.2) is 18.9 Å². The fraction of sp³-hybridized carbons (Fsp3) is 0.125. The van der Waals surface area contributed by atoms with E-state index in [1.807, 2.05) is 0 Å². The molecule has 2 aromatic rings. The molecule has 0 atom stereocenters. The lowest BCUT2D eigenvalue weighted by atomic mass is 10.1. The smallest absolute Gasteiger partial charge is 0.255 e. The Labute approximate surface area is 126 Å². The largest absolute Gasteiger partial charge is 0.359 e. The lowest BCUT2D eigenvalue weighted by Crippen LogP contribution is -2.19. The van der Waals surface area contributed by atoms with E-state index in [0.717, 1.165) is 17.7 Å². The fourth-order valence-corrected chi connectivity index (χ4v) is 1.87. The third kappa shape index (κ3) is 4.12. The third-order valence-electron chi connectivity index (χ3n) is 2.98. The van der Waals surface area contributed by atoms with Crippen molar-refractivity contribution in [1.82, 2.24) is 5.32 Å². The zero-order valence-corrected chi connectivity index (χ0v) is 11.8. The Kier molecular flexibility index (Phi) is 4.83. The van der Waals surface area contributed by atoms with E-state index in [1.54, 1.807) is 31.3 Å². The van der Waals surface area contributed by atoms with Gasteiger partial charge < -0.3 is 10.6 Å². The Bertz CT molecular complexity index is 680. The van der Waals surface area contributed by atoms with E-state index >= 15 is 0 Å². The predicted molar refractivity (Wildman–Crippen MR) is 78.5 cm³/mol. The van der Waals surface area contributed by atoms with Crippen LogP contribution in [0.1, 0.15) is 15.9 Å². The van der Waals surface area contributed by atoms with Crippen LogP contribution in [-0.2, 0) is 11.2 Å². The van der Waals surface area contributed by atoms with Crippen molar-refractivity contribution in [3.05, 3.63) is 65.2 Å². The van der Waals surface area contributed by atoms with Crippen LogP contribution in [0, 0.1) is 11.6 Å². The number of halogens is 2. The number of likely N-dealkylation sites (N-methyl/N-ethyl adjacent to an activating group) is 1. The minimum atomic E-state index is -0.814. The molecule has 22 heavy (non-hydrogen) atoms. The summed E-state index contributed by atoms with van der Waals surface area (Å²) in [5.74, 6) is -2.36. The first kappa shape index (κ1) is 15.6. The summed E-state index contributed by atoms with van der Waals surface area (Å²) in [6.45, 7) is 0. The predicted octanol–water partition coefficient (Wildman–Crippen LogP) is 2.51. The van der Waals surface area contributed by atoms with E-state index < -0.39 is 17.5 Å². The molecule has 2 N–H and O–H groups in total. The standard InChI is InChI=1S/C16H14F2N2O2/c1-19-15(21)6-10-2-4-14(5-3-10)20-16(22)11-7-12(17)9-13(18)8-11/h2-5,7-9H,6H2,1H3,(H,19,21)(H,20,22). The number of carbonyl (C=O) groups is 2. The van der Waals surface area contributed by atoms with Gasteiger partial charge >= 0.3 is 0 Å². The summed E-state index contributed by atoms with van der Waals surface area (Å²) in [7, 11) is 1.55. The number of nitrogens with one attached hydrogen (secondary N) is 2. The molecule has 0 spiro atoms. The van der Waals surface area contributed by atoms with E-state index in [1.165, 1.54) is 0 Å². The van der Waals surface area contributed by atoms with Gasteiger partial charge in [0.15, 0.2) is 0 Å². The van der Waals surface area contributed by atoms with E-state index in [9.17, 15) is 18.4 Å². The van der Waals surface area contributed by atoms with Gasteiger partial charge in [-0.25, -0.2) is 8.78 Å². The highest BCUT2D eigenvalue weighted by atomic mass is 19.1. The summed E-state index contributed by atoms with van der Waals surface area (Å²) < 4.78 is 26.2. The van der Waals surface area contributed by atoms with Crippen LogP contribution in [0.5, 0.6) is 0 Å². The molecule has 4 nitrogen and oxygen atoms in total. The van der Waals surface area contributed by atoms with Gasteiger partial charge in [0.2, 0.25) is 5.91 Å². The quantitative estimate of drug-likeness (QED) is 0.912. The Hall–Kier alpha value is -2.76. The molecule has 0 bridgehead atoms. The van der Waals surface area contributed by atoms with E-state index in [2.05, 4.69) is 10.6 Å². The SMILES string of the molecule is CNC(=O)Cc1ccc(NC(=O)c2cc(F)cc(F)c2)cc1. The van der Waals surface area contributed by atoms with Crippen molar-refractivity contribution in [1.29, 1.82) is 0 Å². The number of carbonyl (C=O) groups excluding carboxylic acids is 2. The maximum Gasteiger partial charge on any atom is 0.255 e. The van der Waals surface area contributed by atoms with Crippen LogP contribution in [0.3, 0.4) is 0 Å². The summed E-state index contributed by atoms with van der Waals surface area (Å²) in [5, 5.41) is 5.05. The monoisotopic (exact) mass is 304 g/mol. The molecule has 2 amide bonds. The molecular weight excluding hydrogens is 290 g/mol. The molecule has 2 aromatic carbocycles. The second-order valence-corrected chi connectivity index (χ2v) is 4.66. The summed E-state index contributed by atoms with van der Waals surface area (Å²) in [4.78, 5) is 23.2. The molecule has 0 heterocycles. The second kappa shape index (κ2) is 6.80. The van der Waals surface area contributed by atoms with Crippen molar-refractivity contribution < 1.29 is 18.4 Å². The van der Waals surface area contributed by atoms with Crippen LogP contribution in [0.15, 0.2) is 42.5 Å². The van der Waals surface area contributed by atoms with E-state index in [0.29, 0.717) is 11.8 Å². The maximum atomic E-state index is 13.1. The average molecular weight is 304 g/mol. The van der Waals surface area contributed by atoms with Gasteiger partial charge in [-0.2, -0.15) is 0 Å². The Morgan fingerprint density at radius 2 is 1.59 bits per heavy atom. The summed E-state index contributed by atoms with van der Waals surface area (Å²) in [5.41, 5.74) is 1.15. The molecule has 2 rings (SSSR count). The van der Waals surface area contributed by atoms with Crippen LogP contribution in [0.25, 0.3) is 0 Å². The van der Waals surface area contributed by atoms with Gasteiger partial charge in [-0.05, 0) is 29.8 Å². The van der Waals surface area contributed by atoms with Gasteiger partial charge in [0.05, 0.1) is 6.42 Å². The number of benzene rings is 2. The molecule has 0 saturated carbocycles. The second-order valence-electron chi connectivity index (χ2n) is 4.66. The van der Waals surface area contributed by atoms with E-state index in [4.69, 9.17) is 0 Å². The van der Waals surface area contributed by atoms with Gasteiger partial charge in [0.25, 0.3) is 5.91 Å². The zero-order chi connectivity index (χ0) is 16.1. The minimum absolute atomic E-state index is 0.105. The fourth-order valence-electron chi connectivity index (χ4n) is 1.87. The average Bonchev–Trinajstić information content (AvgIpc) is 2.48. The minimum Gasteiger partial charge on any atom is -0.359 e. The van der Waals surface area contributed by atoms with Gasteiger partial charge in [0, 0.05) is 24.4 Å². The maximum absolute atomic E-state index is 13.1. The van der Waals surface area contributed by atoms with Crippen molar-refractivity contribution in [2.45, 2.75) is 6.42 Å². The van der Waals surface area contributed by atoms with Crippen molar-refractivity contribution in [3.8, 4) is 0 Å². The van der Waals surface area contributed by atoms with Crippen molar-refractivity contribution in [2.24, 2.45) is 0 Å². The first-order valence-corrected chi connectivity index (χ1v) is 6.55. The highest BCUT2D eigenvalue weighted by Crippen LogP contribution is 2.13. The number of rotatable bonds is 4. The molecule has 0 fully saturated rings. The van der Waals surface area contributed by atoms with Crippen LogP contribution < -0.4 is 10.6 Å². The van der Waals surface area contributed by atoms with Gasteiger partial charge in [-0.1, -0.05) is 12.1 Å². The lowest BCUT2D eigenvalue weighted by Gasteiger charge is -2.07. The summed E-state index contributed by atoms with van der Waals surface area (Å²) >= 11 is 0. The van der Waals surface area contributed by atoms with E-state index in [-0.39, 0.29) is 17.9 Å². The normalized spacial score (nSPS) is 10.1. The molecular formula is C16H14F2N2O2. The van der Waals surface area contributed by atoms with Crippen LogP contribution >= 0.6 is 0 Å². The van der Waals surface area contributed by atoms with Crippen LogP contribution in [0.2, 0.25) is 0 Å². The molecule has 6 heteroatoms. The summed E-state index contributed by atoms with van der Waals surface area (Å²) in [6.07, 6.45) is 0.236. The number of amides is 2. The first-order chi connectivity index (χ1) is 10.5. The molecule has 0 aromatic heterocycles. The number of hydrogen-bond donors (Lipinski definition) is 2. The van der Waals surface area contributed by atoms with Gasteiger partial charge in [0.1, 0.15) is 11.6 Å². The van der Waals surface area contributed by atoms with Gasteiger partial charge in [-0.15, -0.1) is 0 Å². The molecule has 0 aliphatic rings. The molecule has 0 radical (unpaired) electrons. The Balaban J connectivity index is 2.07. The molecule has 0 saturated heterocycles. The summed E-state index contributed by atoms with van der Waals surface area (Å²) in [6, 6.07) is 9.23. The number of hydrogen-bond acceptors (Lipinski definition) is 2. The Morgan fingerprint density at radius 3 is 2.14 bits per heavy atom. The molecule has 114 valence electrons. The van der Waals surface area contributed by atoms with Crippen molar-refractivity contribution in [3.63, 3.8) is 0 Å². The topological polar surface area (TPSA) is 58.2 Å².